The first-order chi connectivity index (χ1) is 11.8. The molecule has 1 N–H and O–H groups in total. The van der Waals surface area contributed by atoms with E-state index in [1.165, 1.54) is 30.3 Å². The highest BCUT2D eigenvalue weighted by Crippen LogP contribution is 2.37. The maximum absolute atomic E-state index is 13.1. The molecule has 0 fully saturated rings. The van der Waals surface area contributed by atoms with Gasteiger partial charge in [-0.15, -0.1) is 0 Å². The molecule has 0 aliphatic heterocycles. The van der Waals surface area contributed by atoms with Gasteiger partial charge in [-0.2, -0.15) is 13.2 Å². The SMILES string of the molecule is O=C(Nc1cccc(Br)c1)c1ccc(-c2ccccc2C(F)(F)F)o1. The summed E-state index contributed by atoms with van der Waals surface area (Å²) in [4.78, 5) is 12.2. The Kier molecular flexibility index (Phi) is 4.67. The fraction of sp³-hybridized carbons (Fsp3) is 0.0556. The summed E-state index contributed by atoms with van der Waals surface area (Å²) >= 11 is 3.29. The maximum atomic E-state index is 13.1. The molecule has 0 atom stereocenters. The monoisotopic (exact) mass is 409 g/mol. The number of carbonyl (C=O) groups is 1. The van der Waals surface area contributed by atoms with Crippen molar-refractivity contribution in [2.75, 3.05) is 5.32 Å². The molecule has 0 aliphatic rings. The largest absolute Gasteiger partial charge is 0.451 e. The molecule has 1 amide bonds. The predicted molar refractivity (Wildman–Crippen MR) is 91.2 cm³/mol. The second kappa shape index (κ2) is 6.76. The Morgan fingerprint density at radius 3 is 2.48 bits per heavy atom. The fourth-order valence-electron chi connectivity index (χ4n) is 2.31. The lowest BCUT2D eigenvalue weighted by Crippen LogP contribution is -2.10. The van der Waals surface area contributed by atoms with Crippen LogP contribution in [0.15, 0.2) is 69.6 Å². The molecule has 0 bridgehead atoms. The molecule has 3 nitrogen and oxygen atoms in total. The van der Waals surface area contributed by atoms with E-state index in [4.69, 9.17) is 4.42 Å². The van der Waals surface area contributed by atoms with Crippen LogP contribution in [0, 0.1) is 0 Å². The molecule has 2 aromatic carbocycles. The number of anilines is 1. The van der Waals surface area contributed by atoms with Gasteiger partial charge in [0.2, 0.25) is 0 Å². The van der Waals surface area contributed by atoms with Crippen molar-refractivity contribution in [1.82, 2.24) is 0 Å². The Hall–Kier alpha value is -2.54. The molecule has 0 saturated heterocycles. The Balaban J connectivity index is 1.87. The van der Waals surface area contributed by atoms with Crippen LogP contribution >= 0.6 is 15.9 Å². The van der Waals surface area contributed by atoms with Crippen LogP contribution in [-0.2, 0) is 6.18 Å². The number of furan rings is 1. The van der Waals surface area contributed by atoms with Gasteiger partial charge in [-0.05, 0) is 36.4 Å². The predicted octanol–water partition coefficient (Wildman–Crippen LogP) is 5.98. The van der Waals surface area contributed by atoms with Gasteiger partial charge in [0, 0.05) is 15.7 Å². The van der Waals surface area contributed by atoms with Crippen LogP contribution in [0.25, 0.3) is 11.3 Å². The zero-order valence-electron chi connectivity index (χ0n) is 12.6. The summed E-state index contributed by atoms with van der Waals surface area (Å²) < 4.78 is 45.4. The number of hydrogen-bond donors (Lipinski definition) is 1. The minimum Gasteiger partial charge on any atom is -0.451 e. The number of alkyl halides is 3. The molecular weight excluding hydrogens is 399 g/mol. The van der Waals surface area contributed by atoms with E-state index >= 15 is 0 Å². The number of benzene rings is 2. The number of amides is 1. The summed E-state index contributed by atoms with van der Waals surface area (Å²) in [6.07, 6.45) is -4.51. The fourth-order valence-corrected chi connectivity index (χ4v) is 2.71. The Morgan fingerprint density at radius 2 is 1.76 bits per heavy atom. The molecule has 0 saturated carbocycles. The molecule has 7 heteroatoms. The average Bonchev–Trinajstić information content (AvgIpc) is 3.04. The van der Waals surface area contributed by atoms with Gasteiger partial charge in [0.05, 0.1) is 5.56 Å². The molecule has 0 unspecified atom stereocenters. The molecule has 1 heterocycles. The van der Waals surface area contributed by atoms with E-state index in [0.717, 1.165) is 10.5 Å². The summed E-state index contributed by atoms with van der Waals surface area (Å²) in [6, 6.07) is 14.7. The van der Waals surface area contributed by atoms with Crippen LogP contribution in [-0.4, -0.2) is 5.91 Å². The van der Waals surface area contributed by atoms with Gasteiger partial charge in [-0.25, -0.2) is 0 Å². The average molecular weight is 410 g/mol. The third-order valence-electron chi connectivity index (χ3n) is 3.41. The highest BCUT2D eigenvalue weighted by Gasteiger charge is 2.34. The molecule has 3 rings (SSSR count). The Morgan fingerprint density at radius 1 is 1.00 bits per heavy atom. The lowest BCUT2D eigenvalue weighted by molar-refractivity contribution is -0.137. The Labute approximate surface area is 149 Å². The summed E-state index contributed by atoms with van der Waals surface area (Å²) in [5.41, 5.74) is -0.396. The first kappa shape index (κ1) is 17.3. The maximum Gasteiger partial charge on any atom is 0.417 e. The van der Waals surface area contributed by atoms with Crippen LogP contribution in [0.2, 0.25) is 0 Å². The van der Waals surface area contributed by atoms with E-state index in [0.29, 0.717) is 5.69 Å². The molecule has 0 aliphatic carbocycles. The van der Waals surface area contributed by atoms with Crippen molar-refractivity contribution < 1.29 is 22.4 Å². The second-order valence-corrected chi connectivity index (χ2v) is 6.09. The first-order valence-electron chi connectivity index (χ1n) is 7.18. The summed E-state index contributed by atoms with van der Waals surface area (Å²) in [6.45, 7) is 0. The molecule has 0 radical (unpaired) electrons. The molecule has 128 valence electrons. The van der Waals surface area contributed by atoms with E-state index in [9.17, 15) is 18.0 Å². The zero-order valence-corrected chi connectivity index (χ0v) is 14.2. The number of hydrogen-bond acceptors (Lipinski definition) is 2. The number of rotatable bonds is 3. The molecule has 1 aromatic heterocycles. The lowest BCUT2D eigenvalue weighted by atomic mass is 10.1. The minimum atomic E-state index is -4.51. The second-order valence-electron chi connectivity index (χ2n) is 5.17. The van der Waals surface area contributed by atoms with Crippen LogP contribution in [0.1, 0.15) is 16.1 Å². The first-order valence-corrected chi connectivity index (χ1v) is 7.97. The molecule has 0 spiro atoms. The third kappa shape index (κ3) is 3.93. The normalized spacial score (nSPS) is 11.4. The van der Waals surface area contributed by atoms with Crippen LogP contribution < -0.4 is 5.32 Å². The van der Waals surface area contributed by atoms with Gasteiger partial charge in [0.1, 0.15) is 5.76 Å². The van der Waals surface area contributed by atoms with Crippen molar-refractivity contribution in [3.8, 4) is 11.3 Å². The number of halogens is 4. The lowest BCUT2D eigenvalue weighted by Gasteiger charge is -2.10. The van der Waals surface area contributed by atoms with Crippen molar-refractivity contribution in [3.05, 3.63) is 76.5 Å². The summed E-state index contributed by atoms with van der Waals surface area (Å²) in [7, 11) is 0. The van der Waals surface area contributed by atoms with Crippen LogP contribution in [0.4, 0.5) is 18.9 Å². The minimum absolute atomic E-state index is 0.0210. The van der Waals surface area contributed by atoms with Crippen LogP contribution in [0.3, 0.4) is 0 Å². The van der Waals surface area contributed by atoms with Gasteiger partial charge < -0.3 is 9.73 Å². The quantitative estimate of drug-likeness (QED) is 0.577. The smallest absolute Gasteiger partial charge is 0.417 e. The van der Waals surface area contributed by atoms with Gasteiger partial charge >= 0.3 is 6.18 Å². The van der Waals surface area contributed by atoms with Gasteiger partial charge in [-0.3, -0.25) is 4.79 Å². The summed E-state index contributed by atoms with van der Waals surface area (Å²) in [5, 5.41) is 2.62. The zero-order chi connectivity index (χ0) is 18.0. The topological polar surface area (TPSA) is 42.2 Å². The summed E-state index contributed by atoms with van der Waals surface area (Å²) in [5.74, 6) is -0.645. The van der Waals surface area contributed by atoms with E-state index in [2.05, 4.69) is 21.2 Å². The number of nitrogens with one attached hydrogen (secondary N) is 1. The molecule has 3 aromatic rings. The van der Waals surface area contributed by atoms with E-state index in [-0.39, 0.29) is 17.1 Å². The van der Waals surface area contributed by atoms with Gasteiger partial charge in [-0.1, -0.05) is 40.2 Å². The van der Waals surface area contributed by atoms with Gasteiger partial charge in [0.15, 0.2) is 5.76 Å². The molecule has 25 heavy (non-hydrogen) atoms. The van der Waals surface area contributed by atoms with Gasteiger partial charge in [0.25, 0.3) is 5.91 Å². The highest BCUT2D eigenvalue weighted by atomic mass is 79.9. The number of carbonyl (C=O) groups excluding carboxylic acids is 1. The van der Waals surface area contributed by atoms with Crippen molar-refractivity contribution in [1.29, 1.82) is 0 Å². The highest BCUT2D eigenvalue weighted by molar-refractivity contribution is 9.10. The molecular formula is C18H11BrF3NO2. The van der Waals surface area contributed by atoms with Crippen molar-refractivity contribution >= 4 is 27.5 Å². The van der Waals surface area contributed by atoms with E-state index in [1.807, 2.05) is 0 Å². The Bertz CT molecular complexity index is 918. The van der Waals surface area contributed by atoms with E-state index < -0.39 is 17.6 Å². The van der Waals surface area contributed by atoms with Crippen molar-refractivity contribution in [2.45, 2.75) is 6.18 Å². The van der Waals surface area contributed by atoms with Crippen LogP contribution in [0.5, 0.6) is 0 Å². The van der Waals surface area contributed by atoms with Crippen molar-refractivity contribution in [2.24, 2.45) is 0 Å². The van der Waals surface area contributed by atoms with Crippen molar-refractivity contribution in [3.63, 3.8) is 0 Å². The third-order valence-corrected chi connectivity index (χ3v) is 3.90. The van der Waals surface area contributed by atoms with E-state index in [1.54, 1.807) is 24.3 Å². The standard InChI is InChI=1S/C18H11BrF3NO2/c19-11-4-3-5-12(10-11)23-17(24)16-9-8-15(25-16)13-6-1-2-7-14(13)18(20,21)22/h1-10H,(H,23,24).